The van der Waals surface area contributed by atoms with Crippen molar-refractivity contribution in [3.8, 4) is 0 Å². The van der Waals surface area contributed by atoms with Crippen LogP contribution in [-0.4, -0.2) is 40.3 Å². The van der Waals surface area contributed by atoms with E-state index < -0.39 is 17.9 Å². The van der Waals surface area contributed by atoms with Crippen molar-refractivity contribution in [3.05, 3.63) is 0 Å². The molecule has 0 saturated carbocycles. The molecule has 3 N–H and O–H groups in total. The van der Waals surface area contributed by atoms with Crippen molar-refractivity contribution in [2.24, 2.45) is 0 Å². The smallest absolute Gasteiger partial charge is 0.300 e. The summed E-state index contributed by atoms with van der Waals surface area (Å²) in [6.45, 7) is 3.25. The summed E-state index contributed by atoms with van der Waals surface area (Å²) < 4.78 is 0. The molecule has 0 aliphatic rings. The third-order valence-electron chi connectivity index (χ3n) is 0. The molecule has 15 heavy (non-hydrogen) atoms. The molecule has 0 saturated heterocycles. The second-order valence-electron chi connectivity index (χ2n) is 1.56. The Balaban J connectivity index is -0.0000000298. The molecule has 0 aromatic heterocycles. The van der Waals surface area contributed by atoms with Crippen LogP contribution in [0.3, 0.4) is 0 Å². The maximum Gasteiger partial charge on any atom is 0.300 e. The largest absolute Gasteiger partial charge is 0.857 e. The summed E-state index contributed by atoms with van der Waals surface area (Å²) in [5.74, 6) is -2.50. The van der Waals surface area contributed by atoms with Gasteiger partial charge in [0.2, 0.25) is 0 Å². The van der Waals surface area contributed by atoms with Crippen LogP contribution in [0.1, 0.15) is 20.8 Å². The molecule has 0 bridgehead atoms. The minimum atomic E-state index is -0.833. The fraction of sp³-hybridized carbons (Fsp3) is 0.571. The molecule has 7 nitrogen and oxygen atoms in total. The first-order chi connectivity index (χ1) is 6.20. The van der Waals surface area contributed by atoms with Gasteiger partial charge in [-0.25, -0.2) is 0 Å². The number of carboxylic acids is 3. The van der Waals surface area contributed by atoms with Crippen molar-refractivity contribution < 1.29 is 56.5 Å². The van der Waals surface area contributed by atoms with E-state index >= 15 is 0 Å². The van der Waals surface area contributed by atoms with Gasteiger partial charge in [-0.3, -0.25) is 14.4 Å². The number of hydrogen-bond donors (Lipinski definition) is 3. The standard InChI is InChI=1S/3C2H4O2.CH3O.Ti/c3*1-2(3)4;1-2;/h3*1H3,(H,3,4);1H3;/q;;;-1;. The second-order valence-corrected chi connectivity index (χ2v) is 1.56. The summed E-state index contributed by atoms with van der Waals surface area (Å²) in [6, 6.07) is 0. The Morgan fingerprint density at radius 3 is 0.733 bits per heavy atom. The van der Waals surface area contributed by atoms with E-state index in [-0.39, 0.29) is 21.7 Å². The van der Waals surface area contributed by atoms with E-state index in [1.165, 1.54) is 0 Å². The van der Waals surface area contributed by atoms with E-state index in [9.17, 15) is 0 Å². The maximum atomic E-state index is 9.00. The van der Waals surface area contributed by atoms with Crippen LogP contribution in [0.2, 0.25) is 0 Å². The van der Waals surface area contributed by atoms with Gasteiger partial charge in [0.15, 0.2) is 0 Å². The van der Waals surface area contributed by atoms with Crippen LogP contribution in [0.5, 0.6) is 0 Å². The van der Waals surface area contributed by atoms with Crippen LogP contribution in [-0.2, 0) is 36.1 Å². The van der Waals surface area contributed by atoms with E-state index in [4.69, 9.17) is 34.8 Å². The zero-order chi connectivity index (χ0) is 12.7. The molecule has 0 atom stereocenters. The molecule has 0 rings (SSSR count). The Kier molecular flexibility index (Phi) is 56.9. The molecular formula is C7H15O7Ti-. The van der Waals surface area contributed by atoms with Crippen LogP contribution < -0.4 is 5.11 Å². The normalized spacial score (nSPS) is 5.40. The summed E-state index contributed by atoms with van der Waals surface area (Å²) in [4.78, 5) is 27.0. The van der Waals surface area contributed by atoms with Gasteiger partial charge in [-0.1, -0.05) is 0 Å². The Hall–Kier alpha value is -0.916. The van der Waals surface area contributed by atoms with Crippen molar-refractivity contribution in [3.63, 3.8) is 0 Å². The van der Waals surface area contributed by atoms with Crippen LogP contribution in [0.15, 0.2) is 0 Å². The fourth-order valence-corrected chi connectivity index (χ4v) is 0. The summed E-state index contributed by atoms with van der Waals surface area (Å²) in [7, 11) is 0.750. The van der Waals surface area contributed by atoms with Gasteiger partial charge in [0.05, 0.1) is 0 Å². The number of rotatable bonds is 0. The Bertz CT molecular complexity index is 117. The third kappa shape index (κ3) is 1920. The maximum absolute atomic E-state index is 9.00. The summed E-state index contributed by atoms with van der Waals surface area (Å²) in [5, 5.41) is 30.5. The molecule has 8 heteroatoms. The minimum absolute atomic E-state index is 0. The first-order valence-corrected chi connectivity index (χ1v) is 3.19. The fourth-order valence-electron chi connectivity index (χ4n) is 0. The summed E-state index contributed by atoms with van der Waals surface area (Å²) in [6.07, 6.45) is 0. The van der Waals surface area contributed by atoms with Gasteiger partial charge >= 0.3 is 0 Å². The minimum Gasteiger partial charge on any atom is -0.857 e. The van der Waals surface area contributed by atoms with Crippen LogP contribution in [0.4, 0.5) is 0 Å². The zero-order valence-electron chi connectivity index (χ0n) is 8.97. The van der Waals surface area contributed by atoms with Gasteiger partial charge in [-0.2, -0.15) is 7.11 Å². The molecule has 0 aromatic rings. The van der Waals surface area contributed by atoms with Gasteiger partial charge < -0.3 is 20.4 Å². The third-order valence-corrected chi connectivity index (χ3v) is 0. The van der Waals surface area contributed by atoms with Crippen molar-refractivity contribution in [1.82, 2.24) is 0 Å². The molecule has 0 aromatic carbocycles. The molecule has 0 heterocycles. The predicted molar refractivity (Wildman–Crippen MR) is 45.9 cm³/mol. The molecule has 0 unspecified atom stereocenters. The topological polar surface area (TPSA) is 135 Å². The molecule has 0 radical (unpaired) electrons. The van der Waals surface area contributed by atoms with Crippen molar-refractivity contribution >= 4 is 17.9 Å². The second kappa shape index (κ2) is 29.2. The molecule has 0 aliphatic carbocycles. The van der Waals surface area contributed by atoms with Gasteiger partial charge in [0.1, 0.15) is 0 Å². The van der Waals surface area contributed by atoms with E-state index in [1.807, 2.05) is 0 Å². The van der Waals surface area contributed by atoms with E-state index in [2.05, 4.69) is 0 Å². The van der Waals surface area contributed by atoms with Crippen LogP contribution in [0, 0.1) is 0 Å². The number of aliphatic carboxylic acids is 3. The molecule has 0 aliphatic heterocycles. The number of carbonyl (C=O) groups is 3. The van der Waals surface area contributed by atoms with Crippen molar-refractivity contribution in [2.75, 3.05) is 7.11 Å². The van der Waals surface area contributed by atoms with Crippen molar-refractivity contribution in [1.29, 1.82) is 0 Å². The Morgan fingerprint density at radius 1 is 0.733 bits per heavy atom. The molecule has 90 valence electrons. The summed E-state index contributed by atoms with van der Waals surface area (Å²) in [5.41, 5.74) is 0. The zero-order valence-corrected chi connectivity index (χ0v) is 10.5. The molecule has 0 spiro atoms. The van der Waals surface area contributed by atoms with E-state index in [1.54, 1.807) is 0 Å². The van der Waals surface area contributed by atoms with E-state index in [0.717, 1.165) is 27.9 Å². The van der Waals surface area contributed by atoms with Gasteiger partial charge in [-0.05, 0) is 0 Å². The Morgan fingerprint density at radius 2 is 0.733 bits per heavy atom. The van der Waals surface area contributed by atoms with Gasteiger partial charge in [0, 0.05) is 42.5 Å². The summed E-state index contributed by atoms with van der Waals surface area (Å²) >= 11 is 0. The first-order valence-electron chi connectivity index (χ1n) is 3.19. The molecule has 0 amide bonds. The van der Waals surface area contributed by atoms with Crippen LogP contribution in [0.25, 0.3) is 0 Å². The monoisotopic (exact) mass is 259 g/mol. The molecular weight excluding hydrogens is 244 g/mol. The Labute approximate surface area is 103 Å². The van der Waals surface area contributed by atoms with Crippen LogP contribution >= 0.6 is 0 Å². The van der Waals surface area contributed by atoms with Gasteiger partial charge in [0.25, 0.3) is 17.9 Å². The van der Waals surface area contributed by atoms with Gasteiger partial charge in [-0.15, -0.1) is 0 Å². The first kappa shape index (κ1) is 29.2. The van der Waals surface area contributed by atoms with E-state index in [0.29, 0.717) is 0 Å². The predicted octanol–water partition coefficient (Wildman–Crippen LogP) is -0.753. The molecule has 0 fully saturated rings. The number of carboxylic acid groups (broad SMARTS) is 3. The van der Waals surface area contributed by atoms with Crippen molar-refractivity contribution in [2.45, 2.75) is 20.8 Å². The number of hydrogen-bond acceptors (Lipinski definition) is 4. The average Bonchev–Trinajstić information content (AvgIpc) is 1.86. The average molecular weight is 259 g/mol. The SMILES string of the molecule is CC(=O)O.CC(=O)O.CC(=O)O.C[O-].[Ti]. The quantitative estimate of drug-likeness (QED) is 0.487.